The van der Waals surface area contributed by atoms with Gasteiger partial charge in [-0.25, -0.2) is 0 Å². The van der Waals surface area contributed by atoms with E-state index in [9.17, 15) is 14.4 Å². The number of benzene rings is 1. The minimum atomic E-state index is -0.960. The Morgan fingerprint density at radius 2 is 2.00 bits per heavy atom. The van der Waals surface area contributed by atoms with Crippen molar-refractivity contribution >= 4 is 23.5 Å². The highest BCUT2D eigenvalue weighted by Crippen LogP contribution is 2.24. The number of amides is 2. The maximum absolute atomic E-state index is 11.9. The number of para-hydroxylation sites is 1. The second kappa shape index (κ2) is 6.18. The Labute approximate surface area is 116 Å². The molecule has 6 heteroatoms. The molecule has 0 aliphatic carbocycles. The third-order valence-corrected chi connectivity index (χ3v) is 3.20. The number of carbonyl (C=O) groups is 3. The molecule has 0 radical (unpaired) electrons. The van der Waals surface area contributed by atoms with Crippen molar-refractivity contribution in [1.82, 2.24) is 5.32 Å². The van der Waals surface area contributed by atoms with E-state index >= 15 is 0 Å². The molecule has 1 aromatic rings. The summed E-state index contributed by atoms with van der Waals surface area (Å²) in [6.45, 7) is 0.423. The van der Waals surface area contributed by atoms with Crippen molar-refractivity contribution in [2.75, 3.05) is 18.0 Å². The summed E-state index contributed by atoms with van der Waals surface area (Å²) < 4.78 is 0. The number of carboxylic acids is 1. The van der Waals surface area contributed by atoms with Gasteiger partial charge < -0.3 is 15.3 Å². The fraction of sp³-hybridized carbons (Fsp3) is 0.357. The van der Waals surface area contributed by atoms with Crippen LogP contribution in [0.2, 0.25) is 0 Å². The summed E-state index contributed by atoms with van der Waals surface area (Å²) in [5.74, 6) is -1.73. The van der Waals surface area contributed by atoms with Gasteiger partial charge in [-0.2, -0.15) is 0 Å². The van der Waals surface area contributed by atoms with Crippen LogP contribution in [0, 0.1) is 5.92 Å². The van der Waals surface area contributed by atoms with Gasteiger partial charge in [0.05, 0.1) is 12.3 Å². The number of aliphatic carboxylic acids is 1. The molecule has 0 spiro atoms. The van der Waals surface area contributed by atoms with Crippen molar-refractivity contribution in [3.63, 3.8) is 0 Å². The summed E-state index contributed by atoms with van der Waals surface area (Å²) in [4.78, 5) is 35.8. The van der Waals surface area contributed by atoms with Crippen molar-refractivity contribution in [1.29, 1.82) is 0 Å². The SMILES string of the molecule is O=C(O)CCNC(=O)[C@@H]1CC(=O)N(c2ccccc2)C1. The Bertz CT molecular complexity index is 515. The maximum Gasteiger partial charge on any atom is 0.305 e. The molecule has 1 aromatic carbocycles. The van der Waals surface area contributed by atoms with Gasteiger partial charge in [0.1, 0.15) is 0 Å². The van der Waals surface area contributed by atoms with Crippen molar-refractivity contribution in [3.05, 3.63) is 30.3 Å². The number of carboxylic acid groups (broad SMARTS) is 1. The molecule has 106 valence electrons. The van der Waals surface area contributed by atoms with Gasteiger partial charge in [0.2, 0.25) is 11.8 Å². The van der Waals surface area contributed by atoms with Crippen molar-refractivity contribution in [2.45, 2.75) is 12.8 Å². The Morgan fingerprint density at radius 3 is 2.65 bits per heavy atom. The first-order chi connectivity index (χ1) is 9.58. The monoisotopic (exact) mass is 276 g/mol. The minimum Gasteiger partial charge on any atom is -0.481 e. The minimum absolute atomic E-state index is 0.0875. The fourth-order valence-corrected chi connectivity index (χ4v) is 2.18. The van der Waals surface area contributed by atoms with Gasteiger partial charge in [0.15, 0.2) is 0 Å². The predicted molar refractivity (Wildman–Crippen MR) is 72.2 cm³/mol. The number of hydrogen-bond donors (Lipinski definition) is 2. The Kier molecular flexibility index (Phi) is 4.34. The van der Waals surface area contributed by atoms with Crippen LogP contribution in [0.15, 0.2) is 30.3 Å². The van der Waals surface area contributed by atoms with Crippen LogP contribution in [-0.4, -0.2) is 36.0 Å². The lowest BCUT2D eigenvalue weighted by Crippen LogP contribution is -2.34. The molecule has 0 unspecified atom stereocenters. The molecule has 20 heavy (non-hydrogen) atoms. The Hall–Kier alpha value is -2.37. The molecule has 2 amide bonds. The predicted octanol–water partition coefficient (Wildman–Crippen LogP) is 0.630. The van der Waals surface area contributed by atoms with Crippen LogP contribution in [0.25, 0.3) is 0 Å². The van der Waals surface area contributed by atoms with Crippen LogP contribution in [-0.2, 0) is 14.4 Å². The second-order valence-corrected chi connectivity index (χ2v) is 4.68. The van der Waals surface area contributed by atoms with Crippen LogP contribution in [0.3, 0.4) is 0 Å². The molecule has 1 aliphatic heterocycles. The van der Waals surface area contributed by atoms with E-state index in [0.717, 1.165) is 5.69 Å². The Balaban J connectivity index is 1.92. The lowest BCUT2D eigenvalue weighted by Gasteiger charge is -2.16. The summed E-state index contributed by atoms with van der Waals surface area (Å²) in [5, 5.41) is 11.1. The number of carbonyl (C=O) groups excluding carboxylic acids is 2. The first kappa shape index (κ1) is 14.0. The number of hydrogen-bond acceptors (Lipinski definition) is 3. The van der Waals surface area contributed by atoms with Gasteiger partial charge in [0.25, 0.3) is 0 Å². The molecule has 0 aromatic heterocycles. The fourth-order valence-electron chi connectivity index (χ4n) is 2.18. The van der Waals surface area contributed by atoms with Crippen LogP contribution < -0.4 is 10.2 Å². The summed E-state index contributed by atoms with van der Waals surface area (Å²) in [7, 11) is 0. The smallest absolute Gasteiger partial charge is 0.305 e. The van der Waals surface area contributed by atoms with Gasteiger partial charge in [-0.3, -0.25) is 14.4 Å². The largest absolute Gasteiger partial charge is 0.481 e. The standard InChI is InChI=1S/C14H16N2O4/c17-12-8-10(14(20)15-7-6-13(18)19)9-16(12)11-4-2-1-3-5-11/h1-5,10H,6-9H2,(H,15,20)(H,18,19)/t10-/m1/s1. The van der Waals surface area contributed by atoms with Crippen LogP contribution >= 0.6 is 0 Å². The molecule has 1 atom stereocenters. The van der Waals surface area contributed by atoms with Crippen molar-refractivity contribution < 1.29 is 19.5 Å². The molecule has 6 nitrogen and oxygen atoms in total. The van der Waals surface area contributed by atoms with E-state index in [-0.39, 0.29) is 31.2 Å². The number of rotatable bonds is 5. The third kappa shape index (κ3) is 3.34. The number of anilines is 1. The summed E-state index contributed by atoms with van der Waals surface area (Å²) in [5.41, 5.74) is 0.776. The van der Waals surface area contributed by atoms with E-state index in [0.29, 0.717) is 6.54 Å². The first-order valence-electron chi connectivity index (χ1n) is 6.43. The molecule has 2 N–H and O–H groups in total. The molecule has 1 aliphatic rings. The first-order valence-corrected chi connectivity index (χ1v) is 6.43. The number of nitrogens with one attached hydrogen (secondary N) is 1. The topological polar surface area (TPSA) is 86.7 Å². The average Bonchev–Trinajstić information content (AvgIpc) is 2.81. The van der Waals surface area contributed by atoms with Crippen LogP contribution in [0.5, 0.6) is 0 Å². The molecule has 1 heterocycles. The van der Waals surface area contributed by atoms with E-state index in [1.165, 1.54) is 0 Å². The van der Waals surface area contributed by atoms with Crippen molar-refractivity contribution in [3.8, 4) is 0 Å². The van der Waals surface area contributed by atoms with Gasteiger partial charge >= 0.3 is 5.97 Å². The zero-order valence-corrected chi connectivity index (χ0v) is 10.9. The second-order valence-electron chi connectivity index (χ2n) is 4.68. The normalized spacial score (nSPS) is 18.1. The summed E-state index contributed by atoms with van der Waals surface area (Å²) >= 11 is 0. The molecular weight excluding hydrogens is 260 g/mol. The lowest BCUT2D eigenvalue weighted by atomic mass is 10.1. The zero-order chi connectivity index (χ0) is 14.5. The molecule has 1 fully saturated rings. The molecule has 0 saturated carbocycles. The zero-order valence-electron chi connectivity index (χ0n) is 10.9. The van der Waals surface area contributed by atoms with Crippen molar-refractivity contribution in [2.24, 2.45) is 5.92 Å². The molecule has 1 saturated heterocycles. The highest BCUT2D eigenvalue weighted by molar-refractivity contribution is 6.00. The van der Waals surface area contributed by atoms with E-state index in [2.05, 4.69) is 5.32 Å². The average molecular weight is 276 g/mol. The van der Waals surface area contributed by atoms with Crippen LogP contribution in [0.4, 0.5) is 5.69 Å². The molecule has 0 bridgehead atoms. The van der Waals surface area contributed by atoms with Gasteiger partial charge in [-0.1, -0.05) is 18.2 Å². The highest BCUT2D eigenvalue weighted by Gasteiger charge is 2.34. The maximum atomic E-state index is 11.9. The quantitative estimate of drug-likeness (QED) is 0.826. The molecular formula is C14H16N2O4. The summed E-state index contributed by atoms with van der Waals surface area (Å²) in [6.07, 6.45) is 0.0443. The van der Waals surface area contributed by atoms with Gasteiger partial charge in [0, 0.05) is 25.2 Å². The highest BCUT2D eigenvalue weighted by atomic mass is 16.4. The van der Waals surface area contributed by atoms with E-state index in [4.69, 9.17) is 5.11 Å². The summed E-state index contributed by atoms with van der Waals surface area (Å²) in [6, 6.07) is 9.18. The number of nitrogens with zero attached hydrogens (tertiary/aromatic N) is 1. The van der Waals surface area contributed by atoms with E-state index in [1.54, 1.807) is 4.90 Å². The van der Waals surface area contributed by atoms with Crippen LogP contribution in [0.1, 0.15) is 12.8 Å². The lowest BCUT2D eigenvalue weighted by molar-refractivity contribution is -0.137. The Morgan fingerprint density at radius 1 is 1.30 bits per heavy atom. The molecule has 2 rings (SSSR count). The third-order valence-electron chi connectivity index (χ3n) is 3.20. The van der Waals surface area contributed by atoms with Gasteiger partial charge in [-0.15, -0.1) is 0 Å². The van der Waals surface area contributed by atoms with E-state index < -0.39 is 11.9 Å². The van der Waals surface area contributed by atoms with E-state index in [1.807, 2.05) is 30.3 Å². The van der Waals surface area contributed by atoms with Gasteiger partial charge in [-0.05, 0) is 12.1 Å².